The van der Waals surface area contributed by atoms with Gasteiger partial charge in [0, 0.05) is 6.54 Å². The van der Waals surface area contributed by atoms with Gasteiger partial charge >= 0.3 is 5.97 Å². The quantitative estimate of drug-likeness (QED) is 0.158. The minimum atomic E-state index is -1.15. The molecule has 24 heavy (non-hydrogen) atoms. The summed E-state index contributed by atoms with van der Waals surface area (Å²) in [6.45, 7) is 2.44. The summed E-state index contributed by atoms with van der Waals surface area (Å²) in [6, 6.07) is -2.20. The zero-order valence-electron chi connectivity index (χ0n) is 13.7. The molecular formula is C14H26N6O4. The third-order valence-corrected chi connectivity index (χ3v) is 3.68. The Kier molecular flexibility index (Phi) is 7.96. The third kappa shape index (κ3) is 6.82. The second kappa shape index (κ2) is 9.71. The van der Waals surface area contributed by atoms with Crippen LogP contribution >= 0.6 is 0 Å². The topological polar surface area (TPSA) is 172 Å². The lowest BCUT2D eigenvalue weighted by Gasteiger charge is -2.21. The van der Waals surface area contributed by atoms with Gasteiger partial charge in [0.15, 0.2) is 5.96 Å². The Labute approximate surface area is 140 Å². The number of nitrogens with zero attached hydrogens (tertiary/aromatic N) is 1. The normalized spacial score (nSPS) is 19.1. The van der Waals surface area contributed by atoms with Crippen LogP contribution in [0.4, 0.5) is 0 Å². The number of rotatable bonds is 9. The van der Waals surface area contributed by atoms with Gasteiger partial charge in [0.2, 0.25) is 11.8 Å². The number of aliphatic imine (C=N–C) groups is 1. The first-order chi connectivity index (χ1) is 11.3. The van der Waals surface area contributed by atoms with E-state index in [1.54, 1.807) is 0 Å². The number of hydrogen-bond donors (Lipinski definition) is 6. The molecular weight excluding hydrogens is 316 g/mol. The van der Waals surface area contributed by atoms with Crippen molar-refractivity contribution in [3.05, 3.63) is 0 Å². The van der Waals surface area contributed by atoms with E-state index < -0.39 is 24.0 Å². The van der Waals surface area contributed by atoms with Gasteiger partial charge in [0.1, 0.15) is 12.1 Å². The Bertz CT molecular complexity index is 486. The summed E-state index contributed by atoms with van der Waals surface area (Å²) in [6.07, 6.45) is 2.37. The lowest BCUT2D eigenvalue weighted by molar-refractivity contribution is -0.141. The van der Waals surface area contributed by atoms with Crippen molar-refractivity contribution in [2.24, 2.45) is 16.5 Å². The minimum Gasteiger partial charge on any atom is -0.480 e. The number of guanidine groups is 1. The molecule has 0 radical (unpaired) electrons. The van der Waals surface area contributed by atoms with Gasteiger partial charge in [-0.2, -0.15) is 0 Å². The molecule has 3 atom stereocenters. The Morgan fingerprint density at radius 1 is 1.33 bits per heavy atom. The van der Waals surface area contributed by atoms with E-state index >= 15 is 0 Å². The van der Waals surface area contributed by atoms with Crippen LogP contribution in [0.2, 0.25) is 0 Å². The van der Waals surface area contributed by atoms with Crippen molar-refractivity contribution in [2.45, 2.75) is 50.7 Å². The van der Waals surface area contributed by atoms with E-state index in [1.807, 2.05) is 0 Å². The molecule has 2 amide bonds. The highest BCUT2D eigenvalue weighted by Crippen LogP contribution is 2.07. The molecule has 0 bridgehead atoms. The standard InChI is InChI=1S/C14H26N6O4/c1-8(13(23)24)19-12(22)10(5-3-7-18-14(15)16)20-11(21)9-4-2-6-17-9/h8-10,17H,2-7H2,1H3,(H,19,22)(H,20,21)(H,23,24)(H4,15,16,18)/t8-,9-,10-/m0/s1. The van der Waals surface area contributed by atoms with Gasteiger partial charge in [-0.1, -0.05) is 0 Å². The maximum atomic E-state index is 12.2. The highest BCUT2D eigenvalue weighted by Gasteiger charge is 2.28. The van der Waals surface area contributed by atoms with Gasteiger partial charge < -0.3 is 32.5 Å². The number of carboxylic acids is 1. The highest BCUT2D eigenvalue weighted by atomic mass is 16.4. The minimum absolute atomic E-state index is 0.0466. The summed E-state index contributed by atoms with van der Waals surface area (Å²) in [5.41, 5.74) is 10.5. The second-order valence-corrected chi connectivity index (χ2v) is 5.73. The summed E-state index contributed by atoms with van der Waals surface area (Å²) < 4.78 is 0. The molecule has 10 heteroatoms. The predicted octanol–water partition coefficient (Wildman–Crippen LogP) is -2.13. The van der Waals surface area contributed by atoms with Gasteiger partial charge in [-0.3, -0.25) is 19.4 Å². The average Bonchev–Trinajstić information content (AvgIpc) is 3.03. The largest absolute Gasteiger partial charge is 0.480 e. The maximum absolute atomic E-state index is 12.2. The predicted molar refractivity (Wildman–Crippen MR) is 88.1 cm³/mol. The molecule has 1 heterocycles. The van der Waals surface area contributed by atoms with E-state index in [2.05, 4.69) is 20.9 Å². The van der Waals surface area contributed by atoms with Gasteiger partial charge in [0.05, 0.1) is 6.04 Å². The summed E-state index contributed by atoms with van der Waals surface area (Å²) in [7, 11) is 0. The van der Waals surface area contributed by atoms with Crippen LogP contribution in [-0.2, 0) is 14.4 Å². The molecule has 1 rings (SSSR count). The van der Waals surface area contributed by atoms with Crippen molar-refractivity contribution < 1.29 is 19.5 Å². The van der Waals surface area contributed by atoms with Gasteiger partial charge in [-0.05, 0) is 39.2 Å². The molecule has 0 unspecified atom stereocenters. The van der Waals surface area contributed by atoms with Crippen LogP contribution in [0.1, 0.15) is 32.6 Å². The SMILES string of the molecule is C[C@H](NC(=O)[C@H](CCCN=C(N)N)NC(=O)[C@@H]1CCCN1)C(=O)O. The molecule has 8 N–H and O–H groups in total. The Morgan fingerprint density at radius 3 is 2.58 bits per heavy atom. The van der Waals surface area contributed by atoms with Crippen LogP contribution in [0.15, 0.2) is 4.99 Å². The van der Waals surface area contributed by atoms with E-state index in [4.69, 9.17) is 16.6 Å². The summed E-state index contributed by atoms with van der Waals surface area (Å²) in [5.74, 6) is -2.00. The van der Waals surface area contributed by atoms with E-state index in [9.17, 15) is 14.4 Å². The van der Waals surface area contributed by atoms with Crippen molar-refractivity contribution in [3.8, 4) is 0 Å². The summed E-state index contributed by atoms with van der Waals surface area (Å²) in [4.78, 5) is 39.1. The lowest BCUT2D eigenvalue weighted by Crippen LogP contribution is -2.53. The zero-order valence-corrected chi connectivity index (χ0v) is 13.7. The van der Waals surface area contributed by atoms with Crippen molar-refractivity contribution in [2.75, 3.05) is 13.1 Å². The fourth-order valence-electron chi connectivity index (χ4n) is 2.33. The van der Waals surface area contributed by atoms with Crippen LogP contribution in [-0.4, -0.2) is 60.1 Å². The lowest BCUT2D eigenvalue weighted by atomic mass is 10.1. The Morgan fingerprint density at radius 2 is 2.04 bits per heavy atom. The van der Waals surface area contributed by atoms with Crippen LogP contribution < -0.4 is 27.4 Å². The zero-order chi connectivity index (χ0) is 18.1. The fourth-order valence-corrected chi connectivity index (χ4v) is 2.33. The van der Waals surface area contributed by atoms with E-state index in [0.717, 1.165) is 13.0 Å². The van der Waals surface area contributed by atoms with Crippen LogP contribution in [0.3, 0.4) is 0 Å². The number of carboxylic acid groups (broad SMARTS) is 1. The molecule has 0 aliphatic carbocycles. The summed E-state index contributed by atoms with van der Waals surface area (Å²) >= 11 is 0. The molecule has 10 nitrogen and oxygen atoms in total. The molecule has 1 aliphatic heterocycles. The van der Waals surface area contributed by atoms with Gasteiger partial charge in [-0.25, -0.2) is 0 Å². The summed E-state index contributed by atoms with van der Waals surface area (Å²) in [5, 5.41) is 17.0. The number of carbonyl (C=O) groups excluding carboxylic acids is 2. The number of nitrogens with two attached hydrogens (primary N) is 2. The van der Waals surface area contributed by atoms with Crippen molar-refractivity contribution in [1.29, 1.82) is 0 Å². The number of nitrogens with one attached hydrogen (secondary N) is 3. The number of carbonyl (C=O) groups is 3. The monoisotopic (exact) mass is 342 g/mol. The van der Waals surface area contributed by atoms with Crippen LogP contribution in [0, 0.1) is 0 Å². The Hall–Kier alpha value is -2.36. The molecule has 1 saturated heterocycles. The first-order valence-electron chi connectivity index (χ1n) is 7.93. The van der Waals surface area contributed by atoms with Crippen molar-refractivity contribution >= 4 is 23.7 Å². The maximum Gasteiger partial charge on any atom is 0.325 e. The van der Waals surface area contributed by atoms with E-state index in [1.165, 1.54) is 6.92 Å². The smallest absolute Gasteiger partial charge is 0.325 e. The van der Waals surface area contributed by atoms with E-state index in [0.29, 0.717) is 25.8 Å². The molecule has 0 aromatic rings. The molecule has 0 aromatic carbocycles. The van der Waals surface area contributed by atoms with Gasteiger partial charge in [0.25, 0.3) is 0 Å². The molecule has 1 aliphatic rings. The average molecular weight is 342 g/mol. The molecule has 1 fully saturated rings. The van der Waals surface area contributed by atoms with Gasteiger partial charge in [-0.15, -0.1) is 0 Å². The van der Waals surface area contributed by atoms with Crippen LogP contribution in [0.5, 0.6) is 0 Å². The van der Waals surface area contributed by atoms with Crippen LogP contribution in [0.25, 0.3) is 0 Å². The second-order valence-electron chi connectivity index (χ2n) is 5.73. The first kappa shape index (κ1) is 19.7. The first-order valence-corrected chi connectivity index (χ1v) is 7.93. The van der Waals surface area contributed by atoms with E-state index in [-0.39, 0.29) is 17.9 Å². The molecule has 0 saturated carbocycles. The van der Waals surface area contributed by atoms with Crippen molar-refractivity contribution in [1.82, 2.24) is 16.0 Å². The highest BCUT2D eigenvalue weighted by molar-refractivity contribution is 5.91. The number of hydrogen-bond acceptors (Lipinski definition) is 5. The van der Waals surface area contributed by atoms with Crippen molar-refractivity contribution in [3.63, 3.8) is 0 Å². The molecule has 0 spiro atoms. The Balaban J connectivity index is 2.62. The molecule has 0 aromatic heterocycles. The number of amides is 2. The third-order valence-electron chi connectivity index (χ3n) is 3.68. The molecule has 136 valence electrons. The fraction of sp³-hybridized carbons (Fsp3) is 0.714. The number of aliphatic carboxylic acids is 1.